The highest BCUT2D eigenvalue weighted by atomic mass is 127. The highest BCUT2D eigenvalue weighted by Gasteiger charge is 2.37. The van der Waals surface area contributed by atoms with Crippen molar-refractivity contribution in [2.45, 2.75) is 38.7 Å². The summed E-state index contributed by atoms with van der Waals surface area (Å²) in [4.78, 5) is 4.55. The Morgan fingerprint density at radius 3 is 2.59 bits per heavy atom. The molecule has 1 aliphatic rings. The fourth-order valence-electron chi connectivity index (χ4n) is 3.19. The number of rotatable bonds is 7. The number of benzene rings is 1. The third-order valence-corrected chi connectivity index (χ3v) is 4.84. The van der Waals surface area contributed by atoms with Gasteiger partial charge >= 0.3 is 0 Å². The zero-order valence-corrected chi connectivity index (χ0v) is 18.6. The summed E-state index contributed by atoms with van der Waals surface area (Å²) in [6.45, 7) is 7.53. The number of halogens is 1. The largest absolute Gasteiger partial charge is 0.463 e. The van der Waals surface area contributed by atoms with Crippen molar-refractivity contribution in [1.29, 1.82) is 0 Å². The molecule has 1 saturated carbocycles. The van der Waals surface area contributed by atoms with Gasteiger partial charge in [0, 0.05) is 13.1 Å². The molecule has 2 aromatic rings. The molecular weight excluding hydrogens is 453 g/mol. The number of furan rings is 1. The Hall–Kier alpha value is -1.54. The summed E-state index contributed by atoms with van der Waals surface area (Å²) in [7, 11) is 0. The van der Waals surface area contributed by atoms with Crippen molar-refractivity contribution >= 4 is 29.9 Å². The maximum Gasteiger partial charge on any atom is 0.191 e. The number of aliphatic hydroxyl groups is 1. The van der Waals surface area contributed by atoms with Crippen LogP contribution in [0.5, 0.6) is 0 Å². The summed E-state index contributed by atoms with van der Waals surface area (Å²) < 4.78 is 5.55. The summed E-state index contributed by atoms with van der Waals surface area (Å²) in [5.74, 6) is 3.33. The van der Waals surface area contributed by atoms with Crippen LogP contribution >= 0.6 is 24.0 Å². The average molecular weight is 483 g/mol. The first-order valence-corrected chi connectivity index (χ1v) is 9.36. The SMILES string of the molecule is CCNC(=NCC(C)(O)c1ccc(C)o1)NCC1CC1c1ccccc1.I. The average Bonchev–Trinajstić information content (AvgIpc) is 3.28. The summed E-state index contributed by atoms with van der Waals surface area (Å²) >= 11 is 0. The van der Waals surface area contributed by atoms with Crippen LogP contribution in [0.3, 0.4) is 0 Å². The van der Waals surface area contributed by atoms with Crippen molar-refractivity contribution in [3.8, 4) is 0 Å². The number of aryl methyl sites for hydroxylation is 1. The van der Waals surface area contributed by atoms with E-state index >= 15 is 0 Å². The van der Waals surface area contributed by atoms with Crippen molar-refractivity contribution in [2.75, 3.05) is 19.6 Å². The lowest BCUT2D eigenvalue weighted by Crippen LogP contribution is -2.39. The number of nitrogens with zero attached hydrogens (tertiary/aromatic N) is 1. The smallest absolute Gasteiger partial charge is 0.191 e. The maximum absolute atomic E-state index is 10.6. The van der Waals surface area contributed by atoms with Crippen molar-refractivity contribution in [1.82, 2.24) is 10.6 Å². The maximum atomic E-state index is 10.6. The van der Waals surface area contributed by atoms with Gasteiger partial charge in [0.25, 0.3) is 0 Å². The highest BCUT2D eigenvalue weighted by molar-refractivity contribution is 14.0. The van der Waals surface area contributed by atoms with E-state index in [-0.39, 0.29) is 30.5 Å². The molecule has 3 rings (SSSR count). The number of guanidine groups is 1. The van der Waals surface area contributed by atoms with Gasteiger partial charge in [-0.3, -0.25) is 0 Å². The number of hydrogen-bond acceptors (Lipinski definition) is 3. The van der Waals surface area contributed by atoms with Crippen LogP contribution in [-0.4, -0.2) is 30.7 Å². The lowest BCUT2D eigenvalue weighted by molar-refractivity contribution is 0.0428. The quantitative estimate of drug-likeness (QED) is 0.319. The Morgan fingerprint density at radius 2 is 1.96 bits per heavy atom. The Kier molecular flexibility index (Phi) is 7.73. The minimum atomic E-state index is -1.12. The first kappa shape index (κ1) is 21.8. The van der Waals surface area contributed by atoms with E-state index in [9.17, 15) is 5.11 Å². The van der Waals surface area contributed by atoms with Gasteiger partial charge in [0.05, 0.1) is 6.54 Å². The van der Waals surface area contributed by atoms with Gasteiger partial charge in [0.15, 0.2) is 5.96 Å². The Labute approximate surface area is 178 Å². The van der Waals surface area contributed by atoms with Crippen LogP contribution in [0.2, 0.25) is 0 Å². The van der Waals surface area contributed by atoms with E-state index in [1.807, 2.05) is 19.9 Å². The Morgan fingerprint density at radius 1 is 1.22 bits per heavy atom. The van der Waals surface area contributed by atoms with Gasteiger partial charge in [-0.15, -0.1) is 24.0 Å². The second-order valence-electron chi connectivity index (χ2n) is 7.27. The molecule has 1 heterocycles. The molecule has 3 atom stereocenters. The lowest BCUT2D eigenvalue weighted by Gasteiger charge is -2.19. The van der Waals surface area contributed by atoms with Crippen LogP contribution in [0.25, 0.3) is 0 Å². The molecule has 0 amide bonds. The molecule has 1 aromatic heterocycles. The van der Waals surface area contributed by atoms with Crippen molar-refractivity contribution in [2.24, 2.45) is 10.9 Å². The van der Waals surface area contributed by atoms with E-state index < -0.39 is 5.60 Å². The molecule has 1 aromatic carbocycles. The van der Waals surface area contributed by atoms with Gasteiger partial charge in [0.2, 0.25) is 0 Å². The zero-order chi connectivity index (χ0) is 18.6. The van der Waals surface area contributed by atoms with Crippen LogP contribution < -0.4 is 10.6 Å². The van der Waals surface area contributed by atoms with Crippen LogP contribution in [0.1, 0.15) is 43.3 Å². The second kappa shape index (κ2) is 9.59. The molecule has 0 bridgehead atoms. The van der Waals surface area contributed by atoms with E-state index in [0.29, 0.717) is 17.6 Å². The monoisotopic (exact) mass is 483 g/mol. The van der Waals surface area contributed by atoms with Crippen LogP contribution in [0.15, 0.2) is 51.9 Å². The van der Waals surface area contributed by atoms with E-state index in [0.717, 1.165) is 24.8 Å². The van der Waals surface area contributed by atoms with Gasteiger partial charge in [-0.05, 0) is 56.7 Å². The van der Waals surface area contributed by atoms with Crippen LogP contribution in [0, 0.1) is 12.8 Å². The third-order valence-electron chi connectivity index (χ3n) is 4.84. The molecular formula is C21H30IN3O2. The topological polar surface area (TPSA) is 69.8 Å². The fraction of sp³-hybridized carbons (Fsp3) is 0.476. The first-order valence-electron chi connectivity index (χ1n) is 9.36. The molecule has 27 heavy (non-hydrogen) atoms. The molecule has 6 heteroatoms. The Bertz CT molecular complexity index is 743. The number of nitrogens with one attached hydrogen (secondary N) is 2. The normalized spacial score (nSPS) is 21.1. The molecule has 3 N–H and O–H groups in total. The second-order valence-corrected chi connectivity index (χ2v) is 7.27. The number of hydrogen-bond donors (Lipinski definition) is 3. The first-order chi connectivity index (χ1) is 12.5. The van der Waals surface area contributed by atoms with E-state index in [4.69, 9.17) is 4.42 Å². The van der Waals surface area contributed by atoms with E-state index in [2.05, 4.69) is 46.0 Å². The van der Waals surface area contributed by atoms with Crippen molar-refractivity contribution in [3.05, 3.63) is 59.5 Å². The molecule has 5 nitrogen and oxygen atoms in total. The predicted octanol–water partition coefficient (Wildman–Crippen LogP) is 3.77. The highest BCUT2D eigenvalue weighted by Crippen LogP contribution is 2.46. The summed E-state index contributed by atoms with van der Waals surface area (Å²) in [5.41, 5.74) is 0.292. The van der Waals surface area contributed by atoms with E-state index in [1.165, 1.54) is 12.0 Å². The molecule has 0 aliphatic heterocycles. The molecule has 1 aliphatic carbocycles. The van der Waals surface area contributed by atoms with Gasteiger partial charge < -0.3 is 20.2 Å². The molecule has 0 spiro atoms. The predicted molar refractivity (Wildman–Crippen MR) is 120 cm³/mol. The van der Waals surface area contributed by atoms with Gasteiger partial charge in [-0.2, -0.15) is 0 Å². The minimum absolute atomic E-state index is 0. The van der Waals surface area contributed by atoms with Gasteiger partial charge in [0.1, 0.15) is 17.1 Å². The van der Waals surface area contributed by atoms with Crippen molar-refractivity contribution < 1.29 is 9.52 Å². The van der Waals surface area contributed by atoms with Crippen LogP contribution in [0.4, 0.5) is 0 Å². The summed E-state index contributed by atoms with van der Waals surface area (Å²) in [6, 6.07) is 14.3. The van der Waals surface area contributed by atoms with Gasteiger partial charge in [-0.1, -0.05) is 30.3 Å². The van der Waals surface area contributed by atoms with Crippen LogP contribution in [-0.2, 0) is 5.60 Å². The van der Waals surface area contributed by atoms with E-state index in [1.54, 1.807) is 13.0 Å². The zero-order valence-electron chi connectivity index (χ0n) is 16.2. The fourth-order valence-corrected chi connectivity index (χ4v) is 3.19. The van der Waals surface area contributed by atoms with Gasteiger partial charge in [-0.25, -0.2) is 4.99 Å². The number of aliphatic imine (C=N–C) groups is 1. The summed E-state index contributed by atoms with van der Waals surface area (Å²) in [5, 5.41) is 17.3. The molecule has 148 valence electrons. The molecule has 0 radical (unpaired) electrons. The summed E-state index contributed by atoms with van der Waals surface area (Å²) in [6.07, 6.45) is 1.21. The minimum Gasteiger partial charge on any atom is -0.463 e. The molecule has 1 fully saturated rings. The molecule has 0 saturated heterocycles. The Balaban J connectivity index is 0.00000261. The standard InChI is InChI=1S/C21H29N3O2.HI/c1-4-22-20(24-14-21(3,25)19-11-10-15(2)26-19)23-13-17-12-18(17)16-8-6-5-7-9-16;/h5-11,17-18,25H,4,12-14H2,1-3H3,(H2,22,23,24);1H. The third kappa shape index (κ3) is 5.97. The van der Waals surface area contributed by atoms with Crippen molar-refractivity contribution in [3.63, 3.8) is 0 Å². The molecule has 3 unspecified atom stereocenters. The lowest BCUT2D eigenvalue weighted by atomic mass is 10.0.